The minimum absolute atomic E-state index is 0.0299. The van der Waals surface area contributed by atoms with Crippen molar-refractivity contribution in [2.75, 3.05) is 13.1 Å². The van der Waals surface area contributed by atoms with E-state index >= 15 is 0 Å². The summed E-state index contributed by atoms with van der Waals surface area (Å²) in [5, 5.41) is 1.48. The summed E-state index contributed by atoms with van der Waals surface area (Å²) in [5.74, 6) is 0.0590. The number of aromatic amines is 1. The van der Waals surface area contributed by atoms with E-state index in [9.17, 15) is 14.0 Å². The Morgan fingerprint density at radius 3 is 2.81 bits per heavy atom. The number of nitrogens with one attached hydrogen (secondary N) is 1. The zero-order valence-electron chi connectivity index (χ0n) is 17.2. The van der Waals surface area contributed by atoms with Crippen LogP contribution in [0.2, 0.25) is 0 Å². The van der Waals surface area contributed by atoms with E-state index in [2.05, 4.69) is 21.5 Å². The number of rotatable bonds is 3. The van der Waals surface area contributed by atoms with Gasteiger partial charge in [0, 0.05) is 43.1 Å². The SMILES string of the molecule is CC1CCN(C(=O)Cc2ccc(F)cc2)CC1n1ccc(=O)c2cnc3[nH]ccc3c21. The molecule has 0 radical (unpaired) electrons. The minimum Gasteiger partial charge on any atom is -0.346 e. The van der Waals surface area contributed by atoms with Gasteiger partial charge in [-0.2, -0.15) is 0 Å². The first-order chi connectivity index (χ1) is 15.0. The van der Waals surface area contributed by atoms with Gasteiger partial charge >= 0.3 is 0 Å². The van der Waals surface area contributed by atoms with Crippen LogP contribution in [0.1, 0.15) is 24.9 Å². The van der Waals surface area contributed by atoms with Crippen molar-refractivity contribution in [2.24, 2.45) is 5.92 Å². The molecule has 1 saturated heterocycles. The third kappa shape index (κ3) is 3.50. The number of fused-ring (bicyclic) bond motifs is 3. The molecule has 7 heteroatoms. The Balaban J connectivity index is 1.49. The van der Waals surface area contributed by atoms with Crippen molar-refractivity contribution in [3.8, 4) is 0 Å². The summed E-state index contributed by atoms with van der Waals surface area (Å²) in [6, 6.07) is 9.62. The van der Waals surface area contributed by atoms with Gasteiger partial charge in [-0.05, 0) is 36.1 Å². The molecule has 0 aliphatic carbocycles. The number of carbonyl (C=O) groups is 1. The van der Waals surface area contributed by atoms with Crippen LogP contribution in [-0.4, -0.2) is 38.4 Å². The number of carbonyl (C=O) groups excluding carboxylic acids is 1. The van der Waals surface area contributed by atoms with Crippen LogP contribution in [0.3, 0.4) is 0 Å². The van der Waals surface area contributed by atoms with E-state index < -0.39 is 0 Å². The minimum atomic E-state index is -0.307. The first kappa shape index (κ1) is 19.5. The van der Waals surface area contributed by atoms with Gasteiger partial charge in [0.25, 0.3) is 0 Å². The molecule has 1 N–H and O–H groups in total. The van der Waals surface area contributed by atoms with Crippen LogP contribution in [0.25, 0.3) is 21.9 Å². The number of hydrogen-bond donors (Lipinski definition) is 1. The van der Waals surface area contributed by atoms with Crippen molar-refractivity contribution in [1.82, 2.24) is 19.4 Å². The summed E-state index contributed by atoms with van der Waals surface area (Å²) in [5.41, 5.74) is 2.33. The fourth-order valence-electron chi connectivity index (χ4n) is 4.57. The molecule has 1 amide bonds. The molecule has 158 valence electrons. The average molecular weight is 418 g/mol. The van der Waals surface area contributed by atoms with Gasteiger partial charge in [0.1, 0.15) is 11.5 Å². The maximum absolute atomic E-state index is 13.2. The predicted molar refractivity (Wildman–Crippen MR) is 117 cm³/mol. The molecular weight excluding hydrogens is 395 g/mol. The van der Waals surface area contributed by atoms with Crippen LogP contribution in [0.15, 0.2) is 59.8 Å². The molecule has 4 aromatic rings. The zero-order chi connectivity index (χ0) is 21.5. The molecule has 1 aliphatic rings. The molecule has 1 aliphatic heterocycles. The molecule has 1 aromatic carbocycles. The first-order valence-corrected chi connectivity index (χ1v) is 10.5. The van der Waals surface area contributed by atoms with Gasteiger partial charge in [0.2, 0.25) is 5.91 Å². The lowest BCUT2D eigenvalue weighted by atomic mass is 9.92. The second-order valence-corrected chi connectivity index (χ2v) is 8.32. The van der Waals surface area contributed by atoms with Crippen molar-refractivity contribution in [3.63, 3.8) is 0 Å². The first-order valence-electron chi connectivity index (χ1n) is 10.5. The highest BCUT2D eigenvalue weighted by molar-refractivity contribution is 6.02. The van der Waals surface area contributed by atoms with Crippen LogP contribution in [0.5, 0.6) is 0 Å². The van der Waals surface area contributed by atoms with Gasteiger partial charge in [-0.15, -0.1) is 0 Å². The summed E-state index contributed by atoms with van der Waals surface area (Å²) >= 11 is 0. The normalized spacial score (nSPS) is 19.2. The number of benzene rings is 1. The third-order valence-corrected chi connectivity index (χ3v) is 6.37. The van der Waals surface area contributed by atoms with Crippen LogP contribution >= 0.6 is 0 Å². The summed E-state index contributed by atoms with van der Waals surface area (Å²) in [6.07, 6.45) is 6.40. The van der Waals surface area contributed by atoms with Crippen LogP contribution < -0.4 is 5.43 Å². The number of likely N-dealkylation sites (tertiary alicyclic amines) is 1. The van der Waals surface area contributed by atoms with E-state index in [-0.39, 0.29) is 29.6 Å². The monoisotopic (exact) mass is 418 g/mol. The summed E-state index contributed by atoms with van der Waals surface area (Å²) in [6.45, 7) is 3.44. The van der Waals surface area contributed by atoms with E-state index in [1.165, 1.54) is 12.1 Å². The van der Waals surface area contributed by atoms with E-state index in [4.69, 9.17) is 0 Å². The summed E-state index contributed by atoms with van der Waals surface area (Å²) in [7, 11) is 0. The number of aromatic nitrogens is 3. The molecule has 2 atom stereocenters. The van der Waals surface area contributed by atoms with Crippen molar-refractivity contribution in [3.05, 3.63) is 76.6 Å². The van der Waals surface area contributed by atoms with E-state index in [1.807, 2.05) is 23.4 Å². The molecule has 3 aromatic heterocycles. The molecule has 4 heterocycles. The fourth-order valence-corrected chi connectivity index (χ4v) is 4.57. The number of piperidine rings is 1. The summed E-state index contributed by atoms with van der Waals surface area (Å²) in [4.78, 5) is 34.9. The lowest BCUT2D eigenvalue weighted by Gasteiger charge is -2.39. The molecule has 1 fully saturated rings. The molecule has 0 bridgehead atoms. The quantitative estimate of drug-likeness (QED) is 0.552. The standard InChI is InChI=1S/C24H23FN4O2/c1-15-7-10-28(22(31)12-16-2-4-17(25)5-3-16)14-20(15)29-11-8-21(30)19-13-27-24-18(23(19)29)6-9-26-24/h2-6,8-9,11,13,15,20H,7,10,12,14H2,1H3,(H,26,27). The van der Waals surface area contributed by atoms with E-state index in [0.717, 1.165) is 28.5 Å². The van der Waals surface area contributed by atoms with Gasteiger partial charge in [-0.25, -0.2) is 9.37 Å². The zero-order valence-corrected chi connectivity index (χ0v) is 17.2. The van der Waals surface area contributed by atoms with Gasteiger partial charge in [0.05, 0.1) is 23.4 Å². The Morgan fingerprint density at radius 2 is 2.00 bits per heavy atom. The van der Waals surface area contributed by atoms with Crippen LogP contribution in [0, 0.1) is 11.7 Å². The number of halogens is 1. The Morgan fingerprint density at radius 1 is 1.19 bits per heavy atom. The molecule has 6 nitrogen and oxygen atoms in total. The maximum atomic E-state index is 13.2. The maximum Gasteiger partial charge on any atom is 0.227 e. The second kappa shape index (κ2) is 7.65. The fraction of sp³-hybridized carbons (Fsp3) is 0.292. The van der Waals surface area contributed by atoms with Gasteiger partial charge < -0.3 is 14.5 Å². The lowest BCUT2D eigenvalue weighted by Crippen LogP contribution is -2.44. The number of hydrogen-bond acceptors (Lipinski definition) is 3. The van der Waals surface area contributed by atoms with Gasteiger partial charge in [-0.3, -0.25) is 9.59 Å². The summed E-state index contributed by atoms with van der Waals surface area (Å²) < 4.78 is 15.3. The molecule has 31 heavy (non-hydrogen) atoms. The predicted octanol–water partition coefficient (Wildman–Crippen LogP) is 3.67. The highest BCUT2D eigenvalue weighted by Gasteiger charge is 2.31. The number of nitrogens with zero attached hydrogens (tertiary/aromatic N) is 3. The Hall–Kier alpha value is -3.48. The Labute approximate surface area is 178 Å². The third-order valence-electron chi connectivity index (χ3n) is 6.37. The average Bonchev–Trinajstić information content (AvgIpc) is 3.25. The highest BCUT2D eigenvalue weighted by atomic mass is 19.1. The topological polar surface area (TPSA) is 71.0 Å². The van der Waals surface area contributed by atoms with Gasteiger partial charge in [-0.1, -0.05) is 19.1 Å². The van der Waals surface area contributed by atoms with Crippen molar-refractivity contribution < 1.29 is 9.18 Å². The van der Waals surface area contributed by atoms with Crippen LogP contribution in [0.4, 0.5) is 4.39 Å². The van der Waals surface area contributed by atoms with Crippen LogP contribution in [-0.2, 0) is 11.2 Å². The van der Waals surface area contributed by atoms with Gasteiger partial charge in [0.15, 0.2) is 5.43 Å². The Bertz CT molecular complexity index is 1330. The highest BCUT2D eigenvalue weighted by Crippen LogP contribution is 2.32. The van der Waals surface area contributed by atoms with E-state index in [1.54, 1.807) is 24.4 Å². The van der Waals surface area contributed by atoms with E-state index in [0.29, 0.717) is 24.4 Å². The smallest absolute Gasteiger partial charge is 0.227 e. The Kier molecular flexibility index (Phi) is 4.81. The van der Waals surface area contributed by atoms with Crippen molar-refractivity contribution in [1.29, 1.82) is 0 Å². The molecule has 0 saturated carbocycles. The molecule has 0 spiro atoms. The molecular formula is C24H23FN4O2. The number of amides is 1. The van der Waals surface area contributed by atoms with Crippen molar-refractivity contribution in [2.45, 2.75) is 25.8 Å². The van der Waals surface area contributed by atoms with Crippen molar-refractivity contribution >= 4 is 27.8 Å². The molecule has 5 rings (SSSR count). The molecule has 2 unspecified atom stereocenters. The second-order valence-electron chi connectivity index (χ2n) is 8.32. The number of pyridine rings is 2. The largest absolute Gasteiger partial charge is 0.346 e. The lowest BCUT2D eigenvalue weighted by molar-refractivity contribution is -0.132. The number of H-pyrrole nitrogens is 1.